The van der Waals surface area contributed by atoms with Gasteiger partial charge in [-0.15, -0.1) is 4.91 Å². The van der Waals surface area contributed by atoms with Crippen LogP contribution in [0.4, 0.5) is 21.5 Å². The molecule has 0 amide bonds. The Kier molecular flexibility index (Phi) is 2.81. The summed E-state index contributed by atoms with van der Waals surface area (Å²) in [6.45, 7) is 0. The number of nitrogens with zero attached hydrogens (tertiary/aromatic N) is 3. The van der Waals surface area contributed by atoms with Crippen LogP contribution in [0.25, 0.3) is 0 Å². The molecule has 0 aliphatic rings. The van der Waals surface area contributed by atoms with E-state index >= 15 is 0 Å². The fourth-order valence-corrected chi connectivity index (χ4v) is 1.23. The quantitative estimate of drug-likeness (QED) is 0.804. The zero-order valence-electron chi connectivity index (χ0n) is 8.09. The molecule has 1 heterocycles. The SMILES string of the molecule is O=Nc1cc(F)cc(Nc2cncnc2)c1. The molecule has 2 aromatic rings. The van der Waals surface area contributed by atoms with Crippen LogP contribution in [-0.2, 0) is 0 Å². The number of hydrogen-bond donors (Lipinski definition) is 1. The van der Waals surface area contributed by atoms with Crippen molar-refractivity contribution in [3.05, 3.63) is 47.6 Å². The highest BCUT2D eigenvalue weighted by molar-refractivity contribution is 5.62. The Morgan fingerprint density at radius 3 is 2.56 bits per heavy atom. The molecule has 0 unspecified atom stereocenters. The summed E-state index contributed by atoms with van der Waals surface area (Å²) >= 11 is 0. The van der Waals surface area contributed by atoms with E-state index in [4.69, 9.17) is 0 Å². The fraction of sp³-hybridized carbons (Fsp3) is 0. The van der Waals surface area contributed by atoms with Crippen molar-refractivity contribution in [1.29, 1.82) is 0 Å². The van der Waals surface area contributed by atoms with Gasteiger partial charge < -0.3 is 5.32 Å². The van der Waals surface area contributed by atoms with Crippen molar-refractivity contribution in [3.63, 3.8) is 0 Å². The summed E-state index contributed by atoms with van der Waals surface area (Å²) < 4.78 is 13.0. The molecule has 16 heavy (non-hydrogen) atoms. The lowest BCUT2D eigenvalue weighted by molar-refractivity contribution is 0.629. The van der Waals surface area contributed by atoms with Crippen molar-refractivity contribution < 1.29 is 4.39 Å². The van der Waals surface area contributed by atoms with Gasteiger partial charge in [0.25, 0.3) is 0 Å². The minimum atomic E-state index is -0.531. The van der Waals surface area contributed by atoms with E-state index in [2.05, 4.69) is 20.5 Å². The molecule has 0 spiro atoms. The number of nitrogens with one attached hydrogen (secondary N) is 1. The van der Waals surface area contributed by atoms with Gasteiger partial charge in [0.05, 0.1) is 18.1 Å². The van der Waals surface area contributed by atoms with E-state index in [0.717, 1.165) is 6.07 Å². The van der Waals surface area contributed by atoms with E-state index in [-0.39, 0.29) is 5.69 Å². The number of hydrogen-bond acceptors (Lipinski definition) is 5. The van der Waals surface area contributed by atoms with Crippen molar-refractivity contribution >= 4 is 17.1 Å². The maximum atomic E-state index is 13.0. The maximum Gasteiger partial charge on any atom is 0.127 e. The van der Waals surface area contributed by atoms with E-state index in [1.54, 1.807) is 0 Å². The van der Waals surface area contributed by atoms with Gasteiger partial charge >= 0.3 is 0 Å². The summed E-state index contributed by atoms with van der Waals surface area (Å²) in [5.74, 6) is -0.531. The van der Waals surface area contributed by atoms with Crippen LogP contribution < -0.4 is 5.32 Å². The van der Waals surface area contributed by atoms with Crippen LogP contribution in [0.3, 0.4) is 0 Å². The molecule has 0 radical (unpaired) electrons. The topological polar surface area (TPSA) is 67.2 Å². The molecule has 0 saturated heterocycles. The molecule has 5 nitrogen and oxygen atoms in total. The van der Waals surface area contributed by atoms with Gasteiger partial charge in [0.2, 0.25) is 0 Å². The summed E-state index contributed by atoms with van der Waals surface area (Å²) in [6, 6.07) is 3.74. The molecular formula is C10H7FN4O. The summed E-state index contributed by atoms with van der Waals surface area (Å²) in [7, 11) is 0. The van der Waals surface area contributed by atoms with Gasteiger partial charge in [0.15, 0.2) is 0 Å². The first-order valence-electron chi connectivity index (χ1n) is 4.44. The summed E-state index contributed by atoms with van der Waals surface area (Å²) in [6.07, 6.45) is 4.45. The highest BCUT2D eigenvalue weighted by Gasteiger charge is 2.01. The van der Waals surface area contributed by atoms with E-state index in [9.17, 15) is 9.30 Å². The van der Waals surface area contributed by atoms with Crippen LogP contribution in [0.2, 0.25) is 0 Å². The minimum absolute atomic E-state index is 0.0272. The Hall–Kier alpha value is -2.37. The Morgan fingerprint density at radius 1 is 1.12 bits per heavy atom. The molecule has 1 aromatic heterocycles. The molecule has 0 bridgehead atoms. The van der Waals surface area contributed by atoms with Gasteiger partial charge in [0.1, 0.15) is 17.8 Å². The largest absolute Gasteiger partial charge is 0.353 e. The van der Waals surface area contributed by atoms with Gasteiger partial charge in [-0.1, -0.05) is 0 Å². The first kappa shape index (κ1) is 10.2. The molecule has 0 saturated carbocycles. The molecule has 80 valence electrons. The molecule has 0 aliphatic carbocycles. The van der Waals surface area contributed by atoms with Crippen LogP contribution in [0.15, 0.2) is 42.1 Å². The van der Waals surface area contributed by atoms with Crippen LogP contribution in [0, 0.1) is 10.7 Å². The number of anilines is 2. The molecule has 6 heteroatoms. The Bertz CT molecular complexity index is 503. The molecular weight excluding hydrogens is 211 g/mol. The number of rotatable bonds is 3. The second-order valence-electron chi connectivity index (χ2n) is 3.04. The van der Waals surface area contributed by atoms with Crippen LogP contribution >= 0.6 is 0 Å². The second-order valence-corrected chi connectivity index (χ2v) is 3.04. The standard InChI is InChI=1S/C10H7FN4O/c11-7-1-8(3-9(2-7)15-16)14-10-4-12-6-13-5-10/h1-6,14H. The van der Waals surface area contributed by atoms with Crippen LogP contribution in [0.1, 0.15) is 0 Å². The Labute approximate surface area is 90.3 Å². The summed E-state index contributed by atoms with van der Waals surface area (Å²) in [5.41, 5.74) is 1.05. The fourth-order valence-electron chi connectivity index (χ4n) is 1.23. The predicted molar refractivity (Wildman–Crippen MR) is 57.2 cm³/mol. The average molecular weight is 218 g/mol. The number of halogens is 1. The van der Waals surface area contributed by atoms with E-state index in [1.807, 2.05) is 0 Å². The lowest BCUT2D eigenvalue weighted by Crippen LogP contribution is -1.92. The monoisotopic (exact) mass is 218 g/mol. The average Bonchev–Trinajstić information content (AvgIpc) is 2.29. The molecule has 0 aliphatic heterocycles. The van der Waals surface area contributed by atoms with Crippen molar-refractivity contribution in [2.45, 2.75) is 0 Å². The van der Waals surface area contributed by atoms with E-state index in [1.165, 1.54) is 30.9 Å². The van der Waals surface area contributed by atoms with Gasteiger partial charge in [-0.3, -0.25) is 0 Å². The van der Waals surface area contributed by atoms with E-state index < -0.39 is 5.82 Å². The van der Waals surface area contributed by atoms with Gasteiger partial charge in [0, 0.05) is 11.8 Å². The van der Waals surface area contributed by atoms with Crippen molar-refractivity contribution in [3.8, 4) is 0 Å². The lowest BCUT2D eigenvalue weighted by Gasteiger charge is -2.05. The van der Waals surface area contributed by atoms with Crippen molar-refractivity contribution in [2.75, 3.05) is 5.32 Å². The van der Waals surface area contributed by atoms with Crippen molar-refractivity contribution in [2.24, 2.45) is 5.18 Å². The van der Waals surface area contributed by atoms with Crippen LogP contribution in [-0.4, -0.2) is 9.97 Å². The highest BCUT2D eigenvalue weighted by Crippen LogP contribution is 2.22. The third-order valence-corrected chi connectivity index (χ3v) is 1.84. The molecule has 0 fully saturated rings. The van der Waals surface area contributed by atoms with Gasteiger partial charge in [-0.2, -0.15) is 0 Å². The number of nitroso groups, excluding NO2 is 1. The molecule has 0 atom stereocenters. The minimum Gasteiger partial charge on any atom is -0.353 e. The first-order valence-corrected chi connectivity index (χ1v) is 4.44. The second kappa shape index (κ2) is 4.43. The van der Waals surface area contributed by atoms with Gasteiger partial charge in [-0.25, -0.2) is 14.4 Å². The third kappa shape index (κ3) is 2.35. The van der Waals surface area contributed by atoms with E-state index in [0.29, 0.717) is 11.4 Å². The zero-order chi connectivity index (χ0) is 11.4. The first-order chi connectivity index (χ1) is 7.78. The Morgan fingerprint density at radius 2 is 1.88 bits per heavy atom. The molecule has 1 aromatic carbocycles. The summed E-state index contributed by atoms with van der Waals surface area (Å²) in [4.78, 5) is 17.9. The zero-order valence-corrected chi connectivity index (χ0v) is 8.09. The highest BCUT2D eigenvalue weighted by atomic mass is 19.1. The number of aromatic nitrogens is 2. The van der Waals surface area contributed by atoms with Gasteiger partial charge in [-0.05, 0) is 17.3 Å². The predicted octanol–water partition coefficient (Wildman–Crippen LogP) is 2.76. The number of benzene rings is 1. The van der Waals surface area contributed by atoms with Crippen molar-refractivity contribution in [1.82, 2.24) is 9.97 Å². The molecule has 1 N–H and O–H groups in total. The Balaban J connectivity index is 2.28. The maximum absolute atomic E-state index is 13.0. The summed E-state index contributed by atoms with van der Waals surface area (Å²) in [5, 5.41) is 5.53. The lowest BCUT2D eigenvalue weighted by atomic mass is 10.2. The smallest absolute Gasteiger partial charge is 0.127 e. The van der Waals surface area contributed by atoms with Crippen LogP contribution in [0.5, 0.6) is 0 Å². The molecule has 2 rings (SSSR count). The third-order valence-electron chi connectivity index (χ3n) is 1.84. The normalized spacial score (nSPS) is 9.81.